The van der Waals surface area contributed by atoms with Gasteiger partial charge in [-0.05, 0) is 61.1 Å². The van der Waals surface area contributed by atoms with Crippen LogP contribution in [0.25, 0.3) is 0 Å². The lowest BCUT2D eigenvalue weighted by molar-refractivity contribution is -0.115. The molecule has 1 fully saturated rings. The lowest BCUT2D eigenvalue weighted by Gasteiger charge is -2.18. The molecule has 0 saturated carbocycles. The monoisotopic (exact) mass is 365 g/mol. The molecule has 0 aromatic heterocycles. The highest BCUT2D eigenvalue weighted by atomic mass is 16.1. The lowest BCUT2D eigenvalue weighted by atomic mass is 9.98. The van der Waals surface area contributed by atoms with Crippen molar-refractivity contribution in [1.82, 2.24) is 0 Å². The van der Waals surface area contributed by atoms with E-state index in [9.17, 15) is 4.79 Å². The summed E-state index contributed by atoms with van der Waals surface area (Å²) in [7, 11) is 0. The van der Waals surface area contributed by atoms with Gasteiger partial charge in [0, 0.05) is 43.1 Å². The van der Waals surface area contributed by atoms with Crippen LogP contribution < -0.4 is 15.5 Å². The Morgan fingerprint density at radius 1 is 1.07 bits per heavy atom. The molecule has 4 heteroatoms. The predicted molar refractivity (Wildman–Crippen MR) is 115 cm³/mol. The minimum atomic E-state index is 0.0381. The summed E-state index contributed by atoms with van der Waals surface area (Å²) in [6.07, 6.45) is 2.98. The molecule has 2 aromatic rings. The van der Waals surface area contributed by atoms with Gasteiger partial charge in [0.25, 0.3) is 0 Å². The molecular formula is C23H31N3O. The number of aryl methyl sites for hydroxylation is 1. The van der Waals surface area contributed by atoms with E-state index in [0.29, 0.717) is 18.9 Å². The van der Waals surface area contributed by atoms with E-state index in [1.54, 1.807) is 0 Å². The van der Waals surface area contributed by atoms with Crippen LogP contribution in [0.4, 0.5) is 17.1 Å². The Hall–Kier alpha value is -2.49. The van der Waals surface area contributed by atoms with E-state index in [4.69, 9.17) is 0 Å². The molecular weight excluding hydrogens is 334 g/mol. The molecule has 1 amide bonds. The molecule has 1 aliphatic rings. The molecule has 4 nitrogen and oxygen atoms in total. The highest BCUT2D eigenvalue weighted by molar-refractivity contribution is 5.91. The maximum Gasteiger partial charge on any atom is 0.226 e. The first-order valence-corrected chi connectivity index (χ1v) is 10.0. The van der Waals surface area contributed by atoms with E-state index in [2.05, 4.69) is 66.6 Å². The van der Waals surface area contributed by atoms with Gasteiger partial charge in [0.1, 0.15) is 0 Å². The van der Waals surface area contributed by atoms with Crippen molar-refractivity contribution in [2.24, 2.45) is 0 Å². The zero-order chi connectivity index (χ0) is 19.2. The molecule has 0 aliphatic carbocycles. The zero-order valence-corrected chi connectivity index (χ0v) is 16.7. The predicted octanol–water partition coefficient (Wildman–Crippen LogP) is 5.16. The van der Waals surface area contributed by atoms with Crippen molar-refractivity contribution in [3.8, 4) is 0 Å². The van der Waals surface area contributed by atoms with E-state index < -0.39 is 0 Å². The fourth-order valence-electron chi connectivity index (χ4n) is 3.67. The Balaban J connectivity index is 1.50. The van der Waals surface area contributed by atoms with Crippen molar-refractivity contribution in [2.45, 2.75) is 46.0 Å². The number of hydrogen-bond acceptors (Lipinski definition) is 3. The van der Waals surface area contributed by atoms with Gasteiger partial charge in [-0.2, -0.15) is 0 Å². The highest BCUT2D eigenvalue weighted by Crippen LogP contribution is 2.27. The standard InChI is InChI=1S/C23H31N3O/c1-17(2)21-8-6-7-18(3)23(21)24-14-13-22(27)25-19-9-11-20(12-10-19)26-15-4-5-16-26/h6-12,17,24H,4-5,13-16H2,1-3H3,(H,25,27). The van der Waals surface area contributed by atoms with Gasteiger partial charge in [0.05, 0.1) is 0 Å². The van der Waals surface area contributed by atoms with Gasteiger partial charge in [-0.25, -0.2) is 0 Å². The normalized spacial score (nSPS) is 13.9. The number of para-hydroxylation sites is 1. The summed E-state index contributed by atoms with van der Waals surface area (Å²) in [4.78, 5) is 14.7. The number of nitrogens with zero attached hydrogens (tertiary/aromatic N) is 1. The van der Waals surface area contributed by atoms with E-state index in [1.807, 2.05) is 12.1 Å². The fraction of sp³-hybridized carbons (Fsp3) is 0.435. The van der Waals surface area contributed by atoms with Gasteiger partial charge >= 0.3 is 0 Å². The SMILES string of the molecule is Cc1cccc(C(C)C)c1NCCC(=O)Nc1ccc(N2CCCC2)cc1. The van der Waals surface area contributed by atoms with E-state index in [0.717, 1.165) is 24.5 Å². The Labute approximate surface area is 163 Å². The second-order valence-electron chi connectivity index (χ2n) is 7.66. The lowest BCUT2D eigenvalue weighted by Crippen LogP contribution is -2.18. The third kappa shape index (κ3) is 5.03. The molecule has 1 heterocycles. The summed E-state index contributed by atoms with van der Waals surface area (Å²) in [5.74, 6) is 0.492. The topological polar surface area (TPSA) is 44.4 Å². The van der Waals surface area contributed by atoms with Gasteiger partial charge in [0.15, 0.2) is 0 Å². The first kappa shape index (κ1) is 19.3. The summed E-state index contributed by atoms with van der Waals surface area (Å²) in [5.41, 5.74) is 5.79. The zero-order valence-electron chi connectivity index (χ0n) is 16.7. The fourth-order valence-corrected chi connectivity index (χ4v) is 3.67. The molecule has 2 aromatic carbocycles. The first-order chi connectivity index (χ1) is 13.0. The second-order valence-corrected chi connectivity index (χ2v) is 7.66. The number of carbonyl (C=O) groups excluding carboxylic acids is 1. The summed E-state index contributed by atoms with van der Waals surface area (Å²) in [6, 6.07) is 14.5. The molecule has 0 spiro atoms. The molecule has 144 valence electrons. The van der Waals surface area contributed by atoms with Crippen molar-refractivity contribution in [2.75, 3.05) is 35.2 Å². The molecule has 0 unspecified atom stereocenters. The van der Waals surface area contributed by atoms with Gasteiger partial charge < -0.3 is 15.5 Å². The van der Waals surface area contributed by atoms with Crippen LogP contribution in [0, 0.1) is 6.92 Å². The summed E-state index contributed by atoms with van der Waals surface area (Å²) in [6.45, 7) is 9.39. The highest BCUT2D eigenvalue weighted by Gasteiger charge is 2.12. The van der Waals surface area contributed by atoms with Crippen LogP contribution in [0.2, 0.25) is 0 Å². The van der Waals surface area contributed by atoms with Crippen LogP contribution in [0.3, 0.4) is 0 Å². The minimum Gasteiger partial charge on any atom is -0.384 e. The molecule has 1 saturated heterocycles. The van der Waals surface area contributed by atoms with Gasteiger partial charge in [0.2, 0.25) is 5.91 Å². The van der Waals surface area contributed by atoms with E-state index in [-0.39, 0.29) is 5.91 Å². The molecule has 1 aliphatic heterocycles. The van der Waals surface area contributed by atoms with Gasteiger partial charge in [-0.1, -0.05) is 32.0 Å². The average molecular weight is 366 g/mol. The van der Waals surface area contributed by atoms with Crippen LogP contribution in [0.15, 0.2) is 42.5 Å². The van der Waals surface area contributed by atoms with E-state index in [1.165, 1.54) is 29.7 Å². The third-order valence-electron chi connectivity index (χ3n) is 5.20. The summed E-state index contributed by atoms with van der Waals surface area (Å²) >= 11 is 0. The molecule has 27 heavy (non-hydrogen) atoms. The van der Waals surface area contributed by atoms with Crippen molar-refractivity contribution in [1.29, 1.82) is 0 Å². The number of carbonyl (C=O) groups is 1. The summed E-state index contributed by atoms with van der Waals surface area (Å²) < 4.78 is 0. The van der Waals surface area contributed by atoms with Crippen LogP contribution in [0.1, 0.15) is 50.2 Å². The maximum absolute atomic E-state index is 12.3. The van der Waals surface area contributed by atoms with Gasteiger partial charge in [-0.15, -0.1) is 0 Å². The van der Waals surface area contributed by atoms with Crippen molar-refractivity contribution in [3.05, 3.63) is 53.6 Å². The Kier molecular flexibility index (Phi) is 6.38. The quantitative estimate of drug-likeness (QED) is 0.712. The first-order valence-electron chi connectivity index (χ1n) is 10.0. The number of amides is 1. The Bertz CT molecular complexity index is 762. The largest absolute Gasteiger partial charge is 0.384 e. The van der Waals surface area contributed by atoms with Crippen LogP contribution in [-0.4, -0.2) is 25.5 Å². The van der Waals surface area contributed by atoms with E-state index >= 15 is 0 Å². The Morgan fingerprint density at radius 3 is 2.44 bits per heavy atom. The molecule has 0 bridgehead atoms. The average Bonchev–Trinajstić information content (AvgIpc) is 3.18. The van der Waals surface area contributed by atoms with Gasteiger partial charge in [-0.3, -0.25) is 4.79 Å². The smallest absolute Gasteiger partial charge is 0.226 e. The van der Waals surface area contributed by atoms with Crippen LogP contribution in [-0.2, 0) is 4.79 Å². The van der Waals surface area contributed by atoms with Crippen molar-refractivity contribution >= 4 is 23.0 Å². The maximum atomic E-state index is 12.3. The molecule has 3 rings (SSSR count). The van der Waals surface area contributed by atoms with Crippen LogP contribution in [0.5, 0.6) is 0 Å². The van der Waals surface area contributed by atoms with Crippen LogP contribution >= 0.6 is 0 Å². The van der Waals surface area contributed by atoms with Crippen molar-refractivity contribution in [3.63, 3.8) is 0 Å². The molecule has 0 radical (unpaired) electrons. The number of anilines is 3. The number of nitrogens with one attached hydrogen (secondary N) is 2. The second kappa shape index (κ2) is 8.94. The van der Waals surface area contributed by atoms with Crippen molar-refractivity contribution < 1.29 is 4.79 Å². The number of rotatable bonds is 7. The Morgan fingerprint density at radius 2 is 1.78 bits per heavy atom. The number of benzene rings is 2. The minimum absolute atomic E-state index is 0.0381. The molecule has 2 N–H and O–H groups in total. The number of hydrogen-bond donors (Lipinski definition) is 2. The summed E-state index contributed by atoms with van der Waals surface area (Å²) in [5, 5.41) is 6.46. The molecule has 0 atom stereocenters. The third-order valence-corrected chi connectivity index (χ3v) is 5.20.